The Kier molecular flexibility index (Phi) is 3.79. The fraction of sp³-hybridized carbons (Fsp3) is 0.222. The summed E-state index contributed by atoms with van der Waals surface area (Å²) in [6.45, 7) is 4.29. The quantitative estimate of drug-likeness (QED) is 0.773. The number of benzene rings is 2. The largest absolute Gasteiger partial charge is 0.369 e. The molecule has 1 aliphatic heterocycles. The number of nitrogens with zero attached hydrogens (tertiary/aromatic N) is 1. The van der Waals surface area contributed by atoms with Crippen LogP contribution in [0.2, 0.25) is 0 Å². The maximum atomic E-state index is 3.41. The average Bonchev–Trinajstić information content (AvgIpc) is 2.99. The summed E-state index contributed by atoms with van der Waals surface area (Å²) in [5.74, 6) is 0. The second kappa shape index (κ2) is 6.07. The van der Waals surface area contributed by atoms with Gasteiger partial charge in [0.2, 0.25) is 0 Å². The minimum atomic E-state index is 1.07. The van der Waals surface area contributed by atoms with Gasteiger partial charge in [0.25, 0.3) is 0 Å². The van der Waals surface area contributed by atoms with Crippen molar-refractivity contribution in [3.05, 3.63) is 54.7 Å². The molecule has 1 fully saturated rings. The zero-order valence-corrected chi connectivity index (χ0v) is 13.2. The fourth-order valence-corrected chi connectivity index (χ4v) is 3.85. The van der Waals surface area contributed by atoms with Crippen LogP contribution < -0.4 is 10.2 Å². The predicted octanol–water partition coefficient (Wildman–Crippen LogP) is 3.73. The van der Waals surface area contributed by atoms with Crippen LogP contribution in [0.4, 0.5) is 5.69 Å². The van der Waals surface area contributed by atoms with Crippen molar-refractivity contribution in [3.8, 4) is 0 Å². The van der Waals surface area contributed by atoms with Crippen LogP contribution in [0.1, 0.15) is 0 Å². The number of aromatic nitrogens is 1. The summed E-state index contributed by atoms with van der Waals surface area (Å²) in [7, 11) is 0. The first kappa shape index (κ1) is 13.7. The fourth-order valence-electron chi connectivity index (χ4n) is 2.90. The van der Waals surface area contributed by atoms with Crippen molar-refractivity contribution in [2.75, 3.05) is 31.1 Å². The van der Waals surface area contributed by atoms with Gasteiger partial charge in [-0.3, -0.25) is 0 Å². The molecule has 2 aromatic carbocycles. The Bertz CT molecular complexity index is 760. The Balaban J connectivity index is 1.67. The van der Waals surface area contributed by atoms with Crippen LogP contribution in [-0.4, -0.2) is 31.2 Å². The lowest BCUT2D eigenvalue weighted by atomic mass is 10.2. The molecule has 0 spiro atoms. The lowest BCUT2D eigenvalue weighted by molar-refractivity contribution is 0.589. The third kappa shape index (κ3) is 2.72. The van der Waals surface area contributed by atoms with Gasteiger partial charge in [-0.1, -0.05) is 30.0 Å². The van der Waals surface area contributed by atoms with Gasteiger partial charge in [-0.15, -0.1) is 0 Å². The standard InChI is InChI=1S/C18H19N3S/c1-2-4-15(5-3-1)22-18-13-20-17-7-6-14(12-16(17)18)21-10-8-19-9-11-21/h1-7,12-13,19-20H,8-11H2. The molecule has 1 aliphatic rings. The third-order valence-corrected chi connectivity index (χ3v) is 5.15. The van der Waals surface area contributed by atoms with Gasteiger partial charge in [0.15, 0.2) is 0 Å². The molecular formula is C18H19N3S. The summed E-state index contributed by atoms with van der Waals surface area (Å²) in [6, 6.07) is 17.3. The molecule has 22 heavy (non-hydrogen) atoms. The molecule has 0 radical (unpaired) electrons. The summed E-state index contributed by atoms with van der Waals surface area (Å²) in [4.78, 5) is 8.41. The van der Waals surface area contributed by atoms with E-state index in [1.54, 1.807) is 0 Å². The molecule has 0 atom stereocenters. The Morgan fingerprint density at radius 3 is 2.59 bits per heavy atom. The molecule has 4 heteroatoms. The van der Waals surface area contributed by atoms with Crippen LogP contribution in [0, 0.1) is 0 Å². The van der Waals surface area contributed by atoms with E-state index in [1.807, 2.05) is 11.8 Å². The van der Waals surface area contributed by atoms with E-state index in [1.165, 1.54) is 26.4 Å². The first-order chi connectivity index (χ1) is 10.9. The summed E-state index contributed by atoms with van der Waals surface area (Å²) in [5.41, 5.74) is 2.53. The SMILES string of the molecule is c1ccc(Sc2c[nH]c3ccc(N4CCNCC4)cc23)cc1. The molecule has 4 rings (SSSR count). The maximum Gasteiger partial charge on any atom is 0.0467 e. The molecule has 3 nitrogen and oxygen atoms in total. The maximum absolute atomic E-state index is 3.41. The highest BCUT2D eigenvalue weighted by Crippen LogP contribution is 2.35. The highest BCUT2D eigenvalue weighted by atomic mass is 32.2. The monoisotopic (exact) mass is 309 g/mol. The topological polar surface area (TPSA) is 31.1 Å². The van der Waals surface area contributed by atoms with E-state index < -0.39 is 0 Å². The van der Waals surface area contributed by atoms with Crippen molar-refractivity contribution >= 4 is 28.4 Å². The van der Waals surface area contributed by atoms with Gasteiger partial charge in [0.05, 0.1) is 0 Å². The minimum absolute atomic E-state index is 1.07. The first-order valence-electron chi connectivity index (χ1n) is 7.70. The number of hydrogen-bond donors (Lipinski definition) is 2. The van der Waals surface area contributed by atoms with E-state index in [2.05, 4.69) is 69.9 Å². The highest BCUT2D eigenvalue weighted by molar-refractivity contribution is 7.99. The van der Waals surface area contributed by atoms with Gasteiger partial charge in [-0.2, -0.15) is 0 Å². The van der Waals surface area contributed by atoms with Gasteiger partial charge >= 0.3 is 0 Å². The summed E-state index contributed by atoms with van der Waals surface area (Å²) < 4.78 is 0. The van der Waals surface area contributed by atoms with Gasteiger partial charge < -0.3 is 15.2 Å². The van der Waals surface area contributed by atoms with Crippen LogP contribution in [-0.2, 0) is 0 Å². The van der Waals surface area contributed by atoms with Crippen molar-refractivity contribution < 1.29 is 0 Å². The number of anilines is 1. The molecule has 1 saturated heterocycles. The Morgan fingerprint density at radius 1 is 0.955 bits per heavy atom. The van der Waals surface area contributed by atoms with E-state index >= 15 is 0 Å². The molecule has 0 amide bonds. The van der Waals surface area contributed by atoms with Crippen LogP contribution in [0.5, 0.6) is 0 Å². The zero-order chi connectivity index (χ0) is 14.8. The molecule has 2 heterocycles. The second-order valence-electron chi connectivity index (χ2n) is 5.53. The number of aromatic amines is 1. The molecule has 0 bridgehead atoms. The minimum Gasteiger partial charge on any atom is -0.369 e. The molecule has 3 aromatic rings. The second-order valence-corrected chi connectivity index (χ2v) is 6.65. The number of rotatable bonds is 3. The molecule has 0 unspecified atom stereocenters. The van der Waals surface area contributed by atoms with E-state index in [4.69, 9.17) is 0 Å². The Hall–Kier alpha value is -1.91. The van der Waals surface area contributed by atoms with Gasteiger partial charge in [-0.05, 0) is 30.3 Å². The predicted molar refractivity (Wildman–Crippen MR) is 93.9 cm³/mol. The lowest BCUT2D eigenvalue weighted by Crippen LogP contribution is -2.43. The molecule has 0 saturated carbocycles. The zero-order valence-electron chi connectivity index (χ0n) is 12.4. The van der Waals surface area contributed by atoms with Crippen molar-refractivity contribution in [1.29, 1.82) is 0 Å². The molecule has 2 N–H and O–H groups in total. The van der Waals surface area contributed by atoms with Gasteiger partial charge in [0.1, 0.15) is 0 Å². The molecular weight excluding hydrogens is 290 g/mol. The number of fused-ring (bicyclic) bond motifs is 1. The van der Waals surface area contributed by atoms with Gasteiger partial charge in [0, 0.05) is 58.8 Å². The summed E-state index contributed by atoms with van der Waals surface area (Å²) in [5, 5.41) is 4.72. The van der Waals surface area contributed by atoms with Crippen LogP contribution in [0.3, 0.4) is 0 Å². The summed E-state index contributed by atoms with van der Waals surface area (Å²) >= 11 is 1.82. The Morgan fingerprint density at radius 2 is 1.77 bits per heavy atom. The van der Waals surface area contributed by atoms with Crippen LogP contribution in [0.25, 0.3) is 10.9 Å². The van der Waals surface area contributed by atoms with Crippen molar-refractivity contribution in [2.24, 2.45) is 0 Å². The number of hydrogen-bond acceptors (Lipinski definition) is 3. The van der Waals surface area contributed by atoms with Crippen molar-refractivity contribution in [2.45, 2.75) is 9.79 Å². The third-order valence-electron chi connectivity index (χ3n) is 4.08. The summed E-state index contributed by atoms with van der Waals surface area (Å²) in [6.07, 6.45) is 2.11. The van der Waals surface area contributed by atoms with E-state index in [-0.39, 0.29) is 0 Å². The van der Waals surface area contributed by atoms with Crippen molar-refractivity contribution in [1.82, 2.24) is 10.3 Å². The van der Waals surface area contributed by atoms with Gasteiger partial charge in [-0.25, -0.2) is 0 Å². The number of nitrogens with one attached hydrogen (secondary N) is 2. The molecule has 112 valence electrons. The van der Waals surface area contributed by atoms with Crippen LogP contribution >= 0.6 is 11.8 Å². The van der Waals surface area contributed by atoms with Crippen LogP contribution in [0.15, 0.2) is 64.5 Å². The molecule has 0 aliphatic carbocycles. The number of piperazine rings is 1. The Labute approximate surface area is 134 Å². The van der Waals surface area contributed by atoms with E-state index in [0.29, 0.717) is 0 Å². The first-order valence-corrected chi connectivity index (χ1v) is 8.51. The molecule has 1 aromatic heterocycles. The van der Waals surface area contributed by atoms with Crippen molar-refractivity contribution in [3.63, 3.8) is 0 Å². The van der Waals surface area contributed by atoms with E-state index in [9.17, 15) is 0 Å². The number of H-pyrrole nitrogens is 1. The average molecular weight is 309 g/mol. The lowest BCUT2D eigenvalue weighted by Gasteiger charge is -2.29. The highest BCUT2D eigenvalue weighted by Gasteiger charge is 2.12. The normalized spacial score (nSPS) is 15.4. The van der Waals surface area contributed by atoms with E-state index in [0.717, 1.165) is 26.2 Å². The smallest absolute Gasteiger partial charge is 0.0467 e.